The lowest BCUT2D eigenvalue weighted by molar-refractivity contribution is 1.64. The second-order valence-corrected chi connectivity index (χ2v) is 7.61. The average Bonchev–Trinajstić information content (AvgIpc) is 2.81. The van der Waals surface area contributed by atoms with Gasteiger partial charge >= 0.3 is 0 Å². The molecule has 0 saturated carbocycles. The maximum atomic E-state index is 2.27. The van der Waals surface area contributed by atoms with Gasteiger partial charge < -0.3 is 0 Å². The summed E-state index contributed by atoms with van der Waals surface area (Å²) in [5.41, 5.74) is 5.18. The molecular formula is C30H24. The summed E-state index contributed by atoms with van der Waals surface area (Å²) in [4.78, 5) is 0. The highest BCUT2D eigenvalue weighted by atomic mass is 14.2. The molecule has 30 heavy (non-hydrogen) atoms. The van der Waals surface area contributed by atoms with Crippen molar-refractivity contribution in [2.45, 2.75) is 13.8 Å². The molecule has 0 heteroatoms. The third-order valence-corrected chi connectivity index (χ3v) is 5.94. The second-order valence-electron chi connectivity index (χ2n) is 7.61. The van der Waals surface area contributed by atoms with Crippen LogP contribution in [-0.4, -0.2) is 0 Å². The van der Waals surface area contributed by atoms with Crippen LogP contribution in [-0.2, 0) is 0 Å². The van der Waals surface area contributed by atoms with E-state index >= 15 is 0 Å². The van der Waals surface area contributed by atoms with Gasteiger partial charge in [-0.25, -0.2) is 0 Å². The molecule has 5 aromatic carbocycles. The molecular weight excluding hydrogens is 360 g/mol. The second kappa shape index (κ2) is 7.65. The Labute approximate surface area is 177 Å². The molecule has 0 fully saturated rings. The number of hydrogen-bond acceptors (Lipinski definition) is 0. The van der Waals surface area contributed by atoms with Crippen molar-refractivity contribution < 1.29 is 0 Å². The minimum Gasteiger partial charge on any atom is -0.0871 e. The van der Waals surface area contributed by atoms with E-state index in [4.69, 9.17) is 0 Å². The zero-order chi connectivity index (χ0) is 20.5. The molecule has 0 nitrogen and oxygen atoms in total. The molecule has 0 aliphatic heterocycles. The quantitative estimate of drug-likeness (QED) is 0.215. The standard InChI is InChI=1S/C30H24/c1-3-12-21(4-2)29-25-16-7-9-18-27(25)30(28-19-10-8-17-26(28)29)24-20-11-14-22-13-5-6-15-23(22)24/h3-20H,1-2H3/b12-3-,21-4+. The van der Waals surface area contributed by atoms with E-state index in [-0.39, 0.29) is 0 Å². The lowest BCUT2D eigenvalue weighted by Crippen LogP contribution is -1.93. The minimum atomic E-state index is 1.26. The van der Waals surface area contributed by atoms with Gasteiger partial charge in [0.2, 0.25) is 0 Å². The molecule has 0 N–H and O–H groups in total. The topological polar surface area (TPSA) is 0 Å². The zero-order valence-electron chi connectivity index (χ0n) is 17.4. The molecule has 0 atom stereocenters. The van der Waals surface area contributed by atoms with Gasteiger partial charge in [0, 0.05) is 0 Å². The number of benzene rings is 5. The molecule has 144 valence electrons. The summed E-state index contributed by atoms with van der Waals surface area (Å²) in [6, 6.07) is 33.0. The largest absolute Gasteiger partial charge is 0.0871 e. The fourth-order valence-corrected chi connectivity index (χ4v) is 4.68. The first kappa shape index (κ1) is 18.4. The summed E-state index contributed by atoms with van der Waals surface area (Å²) in [7, 11) is 0. The van der Waals surface area contributed by atoms with Crippen molar-refractivity contribution in [2.75, 3.05) is 0 Å². The molecule has 0 amide bonds. The van der Waals surface area contributed by atoms with Crippen LogP contribution in [0.5, 0.6) is 0 Å². The van der Waals surface area contributed by atoms with Gasteiger partial charge in [-0.15, -0.1) is 0 Å². The van der Waals surface area contributed by atoms with Gasteiger partial charge in [-0.3, -0.25) is 0 Å². The summed E-state index contributed by atoms with van der Waals surface area (Å²) in [6.07, 6.45) is 6.55. The van der Waals surface area contributed by atoms with E-state index in [0.29, 0.717) is 0 Å². The van der Waals surface area contributed by atoms with Crippen molar-refractivity contribution >= 4 is 37.9 Å². The smallest absolute Gasteiger partial charge is 0.00201 e. The van der Waals surface area contributed by atoms with E-state index < -0.39 is 0 Å². The van der Waals surface area contributed by atoms with Crippen LogP contribution in [0.3, 0.4) is 0 Å². The van der Waals surface area contributed by atoms with Crippen LogP contribution >= 0.6 is 0 Å². The van der Waals surface area contributed by atoms with Gasteiger partial charge in [-0.1, -0.05) is 109 Å². The van der Waals surface area contributed by atoms with Crippen LogP contribution in [0.15, 0.2) is 109 Å². The summed E-state index contributed by atoms with van der Waals surface area (Å²) in [5.74, 6) is 0. The van der Waals surface area contributed by atoms with Gasteiger partial charge in [0.1, 0.15) is 0 Å². The zero-order valence-corrected chi connectivity index (χ0v) is 17.4. The third kappa shape index (κ3) is 2.84. The first-order valence-electron chi connectivity index (χ1n) is 10.5. The molecule has 0 bridgehead atoms. The Hall–Kier alpha value is -3.64. The SMILES string of the molecule is C/C=C\C(=C/C)c1c2ccccc2c(-c2cccc3ccccc23)c2ccccc12. The fraction of sp³-hybridized carbons (Fsp3) is 0.0667. The van der Waals surface area contributed by atoms with Crippen LogP contribution in [0.4, 0.5) is 0 Å². The predicted molar refractivity (Wildman–Crippen MR) is 133 cm³/mol. The van der Waals surface area contributed by atoms with Crippen molar-refractivity contribution in [3.63, 3.8) is 0 Å². The molecule has 0 aliphatic rings. The summed E-state index contributed by atoms with van der Waals surface area (Å²) in [6.45, 7) is 4.20. The van der Waals surface area contributed by atoms with Crippen LogP contribution in [0.25, 0.3) is 49.0 Å². The van der Waals surface area contributed by atoms with Gasteiger partial charge in [0.15, 0.2) is 0 Å². The van der Waals surface area contributed by atoms with Crippen LogP contribution < -0.4 is 0 Å². The molecule has 0 aliphatic carbocycles. The molecule has 0 saturated heterocycles. The Kier molecular flexibility index (Phi) is 4.69. The van der Waals surface area contributed by atoms with Crippen LogP contribution in [0.1, 0.15) is 19.4 Å². The third-order valence-electron chi connectivity index (χ3n) is 5.94. The lowest BCUT2D eigenvalue weighted by atomic mass is 9.84. The molecule has 0 heterocycles. The summed E-state index contributed by atoms with van der Waals surface area (Å²) < 4.78 is 0. The minimum absolute atomic E-state index is 1.26. The van der Waals surface area contributed by atoms with E-state index in [9.17, 15) is 0 Å². The van der Waals surface area contributed by atoms with Gasteiger partial charge in [0.25, 0.3) is 0 Å². The highest BCUT2D eigenvalue weighted by molar-refractivity contribution is 6.21. The van der Waals surface area contributed by atoms with Gasteiger partial charge in [-0.2, -0.15) is 0 Å². The normalized spacial score (nSPS) is 12.4. The maximum absolute atomic E-state index is 2.27. The number of rotatable bonds is 3. The summed E-state index contributed by atoms with van der Waals surface area (Å²) in [5, 5.41) is 7.76. The first-order chi connectivity index (χ1) is 14.8. The average molecular weight is 385 g/mol. The van der Waals surface area contributed by atoms with Crippen molar-refractivity contribution in [1.29, 1.82) is 0 Å². The molecule has 5 rings (SSSR count). The molecule has 0 aromatic heterocycles. The lowest BCUT2D eigenvalue weighted by Gasteiger charge is -2.19. The Bertz CT molecular complexity index is 1390. The molecule has 0 spiro atoms. The van der Waals surface area contributed by atoms with Crippen molar-refractivity contribution in [3.05, 3.63) is 115 Å². The van der Waals surface area contributed by atoms with Crippen molar-refractivity contribution in [3.8, 4) is 11.1 Å². The Morgan fingerprint density at radius 2 is 1.10 bits per heavy atom. The van der Waals surface area contributed by atoms with E-state index in [1.807, 2.05) is 0 Å². The first-order valence-corrected chi connectivity index (χ1v) is 10.5. The van der Waals surface area contributed by atoms with Crippen molar-refractivity contribution in [1.82, 2.24) is 0 Å². The Balaban J connectivity index is 2.02. The van der Waals surface area contributed by atoms with E-state index in [1.54, 1.807) is 0 Å². The van der Waals surface area contributed by atoms with E-state index in [2.05, 4.69) is 123 Å². The highest BCUT2D eigenvalue weighted by Gasteiger charge is 2.17. The van der Waals surface area contributed by atoms with Gasteiger partial charge in [-0.05, 0) is 68.4 Å². The van der Waals surface area contributed by atoms with Gasteiger partial charge in [0.05, 0.1) is 0 Å². The van der Waals surface area contributed by atoms with E-state index in [0.717, 1.165) is 0 Å². The number of hydrogen-bond donors (Lipinski definition) is 0. The summed E-state index contributed by atoms with van der Waals surface area (Å²) >= 11 is 0. The Morgan fingerprint density at radius 1 is 0.567 bits per heavy atom. The number of fused-ring (bicyclic) bond motifs is 3. The predicted octanol–water partition coefficient (Wildman–Crippen LogP) is 8.79. The highest BCUT2D eigenvalue weighted by Crippen LogP contribution is 2.43. The number of allylic oxidation sites excluding steroid dienone is 4. The fourth-order valence-electron chi connectivity index (χ4n) is 4.68. The van der Waals surface area contributed by atoms with E-state index in [1.165, 1.54) is 54.6 Å². The van der Waals surface area contributed by atoms with Crippen LogP contribution in [0.2, 0.25) is 0 Å². The van der Waals surface area contributed by atoms with Crippen molar-refractivity contribution in [2.24, 2.45) is 0 Å². The molecule has 0 unspecified atom stereocenters. The Morgan fingerprint density at radius 3 is 1.70 bits per heavy atom. The molecule has 0 radical (unpaired) electrons. The maximum Gasteiger partial charge on any atom is -0.00201 e. The van der Waals surface area contributed by atoms with Crippen LogP contribution in [0, 0.1) is 0 Å². The monoisotopic (exact) mass is 384 g/mol. The molecule has 5 aromatic rings.